The smallest absolute Gasteiger partial charge is 0.255 e. The number of nitrogens with one attached hydrogen (secondary N) is 1. The quantitative estimate of drug-likeness (QED) is 0.833. The lowest BCUT2D eigenvalue weighted by molar-refractivity contribution is 0.0932. The predicted octanol–water partition coefficient (Wildman–Crippen LogP) is 3.23. The van der Waals surface area contributed by atoms with Crippen molar-refractivity contribution in [2.75, 3.05) is 12.4 Å². The Morgan fingerprint density at radius 3 is 2.74 bits per heavy atom. The van der Waals surface area contributed by atoms with E-state index < -0.39 is 0 Å². The van der Waals surface area contributed by atoms with Crippen LogP contribution < -0.4 is 5.32 Å². The van der Waals surface area contributed by atoms with Gasteiger partial charge in [-0.1, -0.05) is 24.5 Å². The minimum Gasteiger partial charge on any atom is -0.507 e. The summed E-state index contributed by atoms with van der Waals surface area (Å²) in [5.74, 6) is 0.375. The van der Waals surface area contributed by atoms with Crippen LogP contribution >= 0.6 is 11.6 Å². The molecule has 19 heavy (non-hydrogen) atoms. The van der Waals surface area contributed by atoms with Gasteiger partial charge in [-0.2, -0.15) is 0 Å². The molecule has 104 valence electrons. The van der Waals surface area contributed by atoms with E-state index in [1.165, 1.54) is 12.8 Å². The zero-order valence-electron chi connectivity index (χ0n) is 11.2. The Labute approximate surface area is 119 Å². The lowest BCUT2D eigenvalue weighted by Gasteiger charge is -2.26. The molecule has 1 aliphatic rings. The molecule has 3 nitrogen and oxygen atoms in total. The minimum absolute atomic E-state index is 0.0226. The van der Waals surface area contributed by atoms with Gasteiger partial charge in [0.15, 0.2) is 0 Å². The van der Waals surface area contributed by atoms with Gasteiger partial charge in [0.2, 0.25) is 0 Å². The fraction of sp³-hybridized carbons (Fsp3) is 0.533. The number of halogens is 1. The van der Waals surface area contributed by atoms with E-state index in [4.69, 9.17) is 11.6 Å². The monoisotopic (exact) mass is 281 g/mol. The first-order chi connectivity index (χ1) is 9.06. The third kappa shape index (κ3) is 3.21. The molecule has 0 unspecified atom stereocenters. The Kier molecular flexibility index (Phi) is 4.35. The Bertz CT molecular complexity index is 467. The number of carbonyl (C=O) groups excluding carboxylic acids is 1. The summed E-state index contributed by atoms with van der Waals surface area (Å²) in [6.07, 6.45) is 4.49. The van der Waals surface area contributed by atoms with Gasteiger partial charge in [-0.05, 0) is 31.9 Å². The maximum atomic E-state index is 12.1. The number of aromatic hydroxyl groups is 1. The van der Waals surface area contributed by atoms with Crippen LogP contribution in [0.2, 0.25) is 0 Å². The van der Waals surface area contributed by atoms with Crippen molar-refractivity contribution in [3.05, 3.63) is 29.3 Å². The van der Waals surface area contributed by atoms with Crippen LogP contribution in [-0.2, 0) is 0 Å². The third-order valence-corrected chi connectivity index (χ3v) is 4.54. The molecule has 0 bridgehead atoms. The molecule has 1 amide bonds. The van der Waals surface area contributed by atoms with Crippen LogP contribution in [0.3, 0.4) is 0 Å². The van der Waals surface area contributed by atoms with E-state index in [9.17, 15) is 9.90 Å². The van der Waals surface area contributed by atoms with Crippen molar-refractivity contribution in [3.63, 3.8) is 0 Å². The van der Waals surface area contributed by atoms with Gasteiger partial charge >= 0.3 is 0 Å². The molecule has 0 saturated heterocycles. The molecule has 1 saturated carbocycles. The maximum absolute atomic E-state index is 12.1. The van der Waals surface area contributed by atoms with E-state index in [1.54, 1.807) is 18.2 Å². The van der Waals surface area contributed by atoms with Gasteiger partial charge in [-0.25, -0.2) is 0 Å². The summed E-state index contributed by atoms with van der Waals surface area (Å²) in [5, 5.41) is 12.6. The Morgan fingerprint density at radius 2 is 2.11 bits per heavy atom. The van der Waals surface area contributed by atoms with Gasteiger partial charge in [-0.15, -0.1) is 11.6 Å². The standard InChI is InChI=1S/C15H20ClNO2/c1-11-4-5-13(18)12(8-11)14(19)17-10-15(9-16)6-2-3-7-15/h4-5,8,18H,2-3,6-7,9-10H2,1H3,(H,17,19). The molecule has 0 atom stereocenters. The first-order valence-electron chi connectivity index (χ1n) is 6.70. The Hall–Kier alpha value is -1.22. The molecule has 1 fully saturated rings. The van der Waals surface area contributed by atoms with E-state index in [1.807, 2.05) is 6.92 Å². The van der Waals surface area contributed by atoms with E-state index in [2.05, 4.69) is 5.32 Å². The molecule has 0 aromatic heterocycles. The van der Waals surface area contributed by atoms with Gasteiger partial charge in [0.25, 0.3) is 5.91 Å². The highest BCUT2D eigenvalue weighted by Gasteiger charge is 2.33. The number of hydrogen-bond donors (Lipinski definition) is 2. The number of rotatable bonds is 4. The molecule has 0 radical (unpaired) electrons. The van der Waals surface area contributed by atoms with Crippen molar-refractivity contribution in [1.82, 2.24) is 5.32 Å². The largest absolute Gasteiger partial charge is 0.507 e. The first-order valence-corrected chi connectivity index (χ1v) is 7.24. The minimum atomic E-state index is -0.224. The number of phenolic OH excluding ortho intramolecular Hbond substituents is 1. The second-order valence-electron chi connectivity index (χ2n) is 5.54. The number of hydrogen-bond acceptors (Lipinski definition) is 2. The van der Waals surface area contributed by atoms with E-state index in [0.717, 1.165) is 18.4 Å². The summed E-state index contributed by atoms with van der Waals surface area (Å²) in [6.45, 7) is 2.48. The average molecular weight is 282 g/mol. The zero-order valence-corrected chi connectivity index (χ0v) is 12.0. The van der Waals surface area contributed by atoms with Crippen LogP contribution in [0.1, 0.15) is 41.6 Å². The highest BCUT2D eigenvalue weighted by atomic mass is 35.5. The molecule has 0 aliphatic heterocycles. The molecular weight excluding hydrogens is 262 g/mol. The van der Waals surface area contributed by atoms with Crippen LogP contribution in [0.25, 0.3) is 0 Å². The molecule has 1 aromatic carbocycles. The first kappa shape index (κ1) is 14.2. The second-order valence-corrected chi connectivity index (χ2v) is 5.81. The topological polar surface area (TPSA) is 49.3 Å². The molecule has 1 aromatic rings. The summed E-state index contributed by atoms with van der Waals surface area (Å²) in [7, 11) is 0. The molecule has 4 heteroatoms. The predicted molar refractivity (Wildman–Crippen MR) is 76.8 cm³/mol. The Morgan fingerprint density at radius 1 is 1.42 bits per heavy atom. The summed E-state index contributed by atoms with van der Waals surface area (Å²) < 4.78 is 0. The molecule has 0 heterocycles. The normalized spacial score (nSPS) is 17.4. The van der Waals surface area contributed by atoms with E-state index in [0.29, 0.717) is 18.0 Å². The summed E-state index contributed by atoms with van der Waals surface area (Å²) in [5.41, 5.74) is 1.33. The fourth-order valence-corrected chi connectivity index (χ4v) is 3.04. The molecule has 2 rings (SSSR count). The zero-order chi connectivity index (χ0) is 13.9. The van der Waals surface area contributed by atoms with Crippen molar-refractivity contribution in [2.45, 2.75) is 32.6 Å². The van der Waals surface area contributed by atoms with E-state index >= 15 is 0 Å². The molecular formula is C15H20ClNO2. The van der Waals surface area contributed by atoms with Crippen LogP contribution in [0.4, 0.5) is 0 Å². The van der Waals surface area contributed by atoms with Crippen molar-refractivity contribution in [2.24, 2.45) is 5.41 Å². The van der Waals surface area contributed by atoms with Gasteiger partial charge < -0.3 is 10.4 Å². The van der Waals surface area contributed by atoms with Gasteiger partial charge in [-0.3, -0.25) is 4.79 Å². The van der Waals surface area contributed by atoms with Gasteiger partial charge in [0.1, 0.15) is 5.75 Å². The SMILES string of the molecule is Cc1ccc(O)c(C(=O)NCC2(CCl)CCCC2)c1. The van der Waals surface area contributed by atoms with Crippen molar-refractivity contribution >= 4 is 17.5 Å². The highest BCUT2D eigenvalue weighted by molar-refractivity contribution is 6.18. The number of benzene rings is 1. The summed E-state index contributed by atoms with van der Waals surface area (Å²) >= 11 is 6.05. The van der Waals surface area contributed by atoms with Gasteiger partial charge in [0, 0.05) is 17.8 Å². The lowest BCUT2D eigenvalue weighted by Crippen LogP contribution is -2.37. The number of aryl methyl sites for hydroxylation is 1. The van der Waals surface area contributed by atoms with E-state index in [-0.39, 0.29) is 17.1 Å². The fourth-order valence-electron chi connectivity index (χ4n) is 2.68. The lowest BCUT2D eigenvalue weighted by atomic mass is 9.88. The average Bonchev–Trinajstić information content (AvgIpc) is 2.88. The van der Waals surface area contributed by atoms with Crippen LogP contribution in [-0.4, -0.2) is 23.4 Å². The highest BCUT2D eigenvalue weighted by Crippen LogP contribution is 2.38. The maximum Gasteiger partial charge on any atom is 0.255 e. The van der Waals surface area contributed by atoms with Crippen LogP contribution in [0.15, 0.2) is 18.2 Å². The number of phenols is 1. The number of alkyl halides is 1. The summed E-state index contributed by atoms with van der Waals surface area (Å²) in [4.78, 5) is 12.1. The number of carbonyl (C=O) groups is 1. The van der Waals surface area contributed by atoms with Gasteiger partial charge in [0.05, 0.1) is 5.56 Å². The van der Waals surface area contributed by atoms with Crippen molar-refractivity contribution < 1.29 is 9.90 Å². The molecule has 2 N–H and O–H groups in total. The number of amides is 1. The molecule has 1 aliphatic carbocycles. The van der Waals surface area contributed by atoms with Crippen molar-refractivity contribution in [3.8, 4) is 5.75 Å². The second kappa shape index (κ2) is 5.83. The summed E-state index contributed by atoms with van der Waals surface area (Å²) in [6, 6.07) is 5.03. The third-order valence-electron chi connectivity index (χ3n) is 3.97. The Balaban J connectivity index is 2.03. The van der Waals surface area contributed by atoms with Crippen LogP contribution in [0.5, 0.6) is 5.75 Å². The molecule has 0 spiro atoms. The van der Waals surface area contributed by atoms with Crippen LogP contribution in [0, 0.1) is 12.3 Å². The van der Waals surface area contributed by atoms with Crippen molar-refractivity contribution in [1.29, 1.82) is 0 Å².